The van der Waals surface area contributed by atoms with E-state index in [1.54, 1.807) is 16.7 Å². The third kappa shape index (κ3) is 9.42. The first-order valence-electron chi connectivity index (χ1n) is 15.6. The molecule has 0 atom stereocenters. The molecule has 0 N–H and O–H groups in total. The van der Waals surface area contributed by atoms with Crippen molar-refractivity contribution in [3.8, 4) is 0 Å². The van der Waals surface area contributed by atoms with Crippen LogP contribution in [0.4, 0.5) is 0 Å². The SMILES string of the molecule is CCCC(C)(C)c1[c]c(C(C)(C)CCC)c(C(C)(C)CCC)c(C(C)(C)CCC)c1C(C)(C)CCC.[SnH4].[SnH4]. The zero-order valence-electron chi connectivity index (χ0n) is 27.6. The fourth-order valence-electron chi connectivity index (χ4n) is 7.42. The van der Waals surface area contributed by atoms with Crippen LogP contribution in [-0.4, -0.2) is 47.8 Å². The Morgan fingerprint density at radius 3 is 0.816 bits per heavy atom. The van der Waals surface area contributed by atoms with E-state index in [1.165, 1.54) is 75.3 Å². The van der Waals surface area contributed by atoms with Crippen molar-refractivity contribution in [2.45, 2.75) is 195 Å². The zero-order valence-corrected chi connectivity index (χ0v) is 27.6. The molecule has 0 nitrogen and oxygen atoms in total. The first-order chi connectivity index (χ1) is 16.4. The average molecular weight is 743 g/mol. The van der Waals surface area contributed by atoms with Gasteiger partial charge in [0.2, 0.25) is 0 Å². The fourth-order valence-corrected chi connectivity index (χ4v) is 7.42. The summed E-state index contributed by atoms with van der Waals surface area (Å²) in [6, 6.07) is 4.32. The van der Waals surface area contributed by atoms with Crippen molar-refractivity contribution in [1.29, 1.82) is 0 Å². The summed E-state index contributed by atoms with van der Waals surface area (Å²) in [5.41, 5.74) is 8.62. The second kappa shape index (κ2) is 15.9. The van der Waals surface area contributed by atoms with Crippen molar-refractivity contribution in [3.05, 3.63) is 33.9 Å². The van der Waals surface area contributed by atoms with E-state index in [9.17, 15) is 0 Å². The van der Waals surface area contributed by atoms with E-state index in [0.717, 1.165) is 0 Å². The van der Waals surface area contributed by atoms with Crippen LogP contribution in [0, 0.1) is 6.07 Å². The van der Waals surface area contributed by atoms with Crippen molar-refractivity contribution in [2.24, 2.45) is 0 Å². The molecule has 1 radical (unpaired) electrons. The van der Waals surface area contributed by atoms with E-state index in [2.05, 4.69) is 110 Å². The Kier molecular flexibility index (Phi) is 17.1. The molecular formula is C36H73Sn2. The van der Waals surface area contributed by atoms with Gasteiger partial charge in [-0.1, -0.05) is 136 Å². The first kappa shape index (κ1) is 41.0. The number of benzene rings is 1. The van der Waals surface area contributed by atoms with Gasteiger partial charge in [-0.15, -0.1) is 0 Å². The minimum absolute atomic E-state index is 0. The molecule has 38 heavy (non-hydrogen) atoms. The van der Waals surface area contributed by atoms with Gasteiger partial charge in [-0.25, -0.2) is 0 Å². The summed E-state index contributed by atoms with van der Waals surface area (Å²) >= 11 is 0. The van der Waals surface area contributed by atoms with Gasteiger partial charge in [0.15, 0.2) is 0 Å². The van der Waals surface area contributed by atoms with Gasteiger partial charge in [-0.3, -0.25) is 0 Å². The third-order valence-electron chi connectivity index (χ3n) is 9.01. The Labute approximate surface area is 275 Å². The first-order valence-corrected chi connectivity index (χ1v) is 15.6. The minimum atomic E-state index is 0. The second-order valence-electron chi connectivity index (χ2n) is 15.2. The molecule has 225 valence electrons. The van der Waals surface area contributed by atoms with E-state index < -0.39 is 0 Å². The maximum atomic E-state index is 4.32. The molecule has 2 heteroatoms. The van der Waals surface area contributed by atoms with Crippen LogP contribution < -0.4 is 0 Å². The Morgan fingerprint density at radius 2 is 0.579 bits per heavy atom. The summed E-state index contributed by atoms with van der Waals surface area (Å²) in [7, 11) is 0. The van der Waals surface area contributed by atoms with Crippen LogP contribution in [0.15, 0.2) is 0 Å². The molecule has 0 aliphatic heterocycles. The summed E-state index contributed by atoms with van der Waals surface area (Å²) < 4.78 is 0. The number of hydrogen-bond donors (Lipinski definition) is 0. The molecule has 0 bridgehead atoms. The van der Waals surface area contributed by atoms with Crippen molar-refractivity contribution in [3.63, 3.8) is 0 Å². The van der Waals surface area contributed by atoms with Crippen LogP contribution in [0.3, 0.4) is 0 Å². The molecule has 1 aromatic rings. The molecule has 0 aliphatic rings. The van der Waals surface area contributed by atoms with Gasteiger partial charge in [-0.05, 0) is 93.1 Å². The van der Waals surface area contributed by atoms with Crippen molar-refractivity contribution >= 4 is 47.8 Å². The molecule has 0 aromatic heterocycles. The van der Waals surface area contributed by atoms with Gasteiger partial charge < -0.3 is 0 Å². The van der Waals surface area contributed by atoms with Gasteiger partial charge in [0.25, 0.3) is 0 Å². The van der Waals surface area contributed by atoms with Gasteiger partial charge in [-0.2, -0.15) is 0 Å². The monoisotopic (exact) mass is 745 g/mol. The van der Waals surface area contributed by atoms with Crippen molar-refractivity contribution < 1.29 is 0 Å². The molecule has 1 aromatic carbocycles. The molecule has 0 unspecified atom stereocenters. The Morgan fingerprint density at radius 1 is 0.368 bits per heavy atom. The zero-order chi connectivity index (χ0) is 28.2. The Bertz CT molecular complexity index is 781. The molecule has 0 saturated carbocycles. The predicted octanol–water partition coefficient (Wildman–Crippen LogP) is 8.97. The van der Waals surface area contributed by atoms with E-state index >= 15 is 0 Å². The van der Waals surface area contributed by atoms with E-state index in [-0.39, 0.29) is 74.9 Å². The van der Waals surface area contributed by atoms with Gasteiger partial charge in [0.1, 0.15) is 0 Å². The molecule has 0 aliphatic carbocycles. The van der Waals surface area contributed by atoms with E-state index in [4.69, 9.17) is 0 Å². The van der Waals surface area contributed by atoms with Crippen LogP contribution in [0.5, 0.6) is 0 Å². The molecule has 1 rings (SSSR count). The van der Waals surface area contributed by atoms with Gasteiger partial charge in [0, 0.05) is 0 Å². The molecule has 0 amide bonds. The van der Waals surface area contributed by atoms with Crippen LogP contribution in [-0.2, 0) is 27.1 Å². The predicted molar refractivity (Wildman–Crippen MR) is 188 cm³/mol. The summed E-state index contributed by atoms with van der Waals surface area (Å²) in [5.74, 6) is 0. The van der Waals surface area contributed by atoms with E-state index in [1.807, 2.05) is 0 Å². The number of rotatable bonds is 15. The number of hydrogen-bond acceptors (Lipinski definition) is 0. The molecule has 0 heterocycles. The van der Waals surface area contributed by atoms with Crippen LogP contribution in [0.25, 0.3) is 0 Å². The average Bonchev–Trinajstić information content (AvgIpc) is 2.72. The van der Waals surface area contributed by atoms with Crippen LogP contribution in [0.1, 0.15) is 196 Å². The second-order valence-corrected chi connectivity index (χ2v) is 15.2. The summed E-state index contributed by atoms with van der Waals surface area (Å²) in [5, 5.41) is 0. The van der Waals surface area contributed by atoms with Crippen molar-refractivity contribution in [2.75, 3.05) is 0 Å². The summed E-state index contributed by atoms with van der Waals surface area (Å²) in [4.78, 5) is 0. The van der Waals surface area contributed by atoms with Crippen LogP contribution >= 0.6 is 0 Å². The van der Waals surface area contributed by atoms with Gasteiger partial charge >= 0.3 is 47.8 Å². The van der Waals surface area contributed by atoms with Crippen molar-refractivity contribution in [1.82, 2.24) is 0 Å². The Balaban J connectivity index is 0. The Hall–Kier alpha value is 0.817. The quantitative estimate of drug-likeness (QED) is 0.158. The van der Waals surface area contributed by atoms with Crippen LogP contribution in [0.2, 0.25) is 0 Å². The van der Waals surface area contributed by atoms with Gasteiger partial charge in [0.05, 0.1) is 0 Å². The van der Waals surface area contributed by atoms with E-state index in [0.29, 0.717) is 0 Å². The third-order valence-corrected chi connectivity index (χ3v) is 9.01. The molecule has 0 fully saturated rings. The maximum absolute atomic E-state index is 4.32. The fraction of sp³-hybridized carbons (Fsp3) is 0.833. The molecule has 0 saturated heterocycles. The topological polar surface area (TPSA) is 0 Å². The normalized spacial score (nSPS) is 13.2. The summed E-state index contributed by atoms with van der Waals surface area (Å²) in [6.45, 7) is 37.0. The standard InChI is InChI=1S/C36H65.2Sn.8H/c1-16-21-32(6,7)27-26-28(33(8,9)22-17-2)30(35(12,13)24-19-4)31(36(14,15)25-20-5)29(27)34(10,11)23-18-3;;;;;;;;;;/h16-25H2,1-15H3;;;;;;;;;;. The summed E-state index contributed by atoms with van der Waals surface area (Å²) in [6.07, 6.45) is 12.1. The molecular weight excluding hydrogens is 670 g/mol. The molecule has 0 spiro atoms.